The highest BCUT2D eigenvalue weighted by molar-refractivity contribution is 9.10. The molecule has 22 heavy (non-hydrogen) atoms. The van der Waals surface area contributed by atoms with Gasteiger partial charge in [0, 0.05) is 4.47 Å². The maximum Gasteiger partial charge on any atom is 0.270 e. The van der Waals surface area contributed by atoms with Gasteiger partial charge >= 0.3 is 0 Å². The van der Waals surface area contributed by atoms with E-state index in [1.165, 1.54) is 22.7 Å². The summed E-state index contributed by atoms with van der Waals surface area (Å²) in [6.07, 6.45) is 1.75. The molecule has 1 amide bonds. The first kappa shape index (κ1) is 15.4. The number of para-hydroxylation sites is 1. The van der Waals surface area contributed by atoms with Crippen molar-refractivity contribution in [2.45, 2.75) is 0 Å². The molecule has 0 aromatic heterocycles. The topological polar surface area (TPSA) is 20.3 Å². The standard InChI is InChI=1S/C16H9BrFNOS2/c17-11-6-2-1-5-10(11)9-14-15(20)19(16(21)22-14)13-8-4-3-7-12(13)18/h1-9H/b14-9-. The third-order valence-corrected chi connectivity index (χ3v) is 5.10. The molecule has 1 aliphatic rings. The van der Waals surface area contributed by atoms with E-state index < -0.39 is 5.82 Å². The molecule has 6 heteroatoms. The van der Waals surface area contributed by atoms with Crippen LogP contribution >= 0.6 is 39.9 Å². The molecule has 2 nitrogen and oxygen atoms in total. The Labute approximate surface area is 145 Å². The summed E-state index contributed by atoms with van der Waals surface area (Å²) in [5.74, 6) is -0.781. The number of nitrogens with zero attached hydrogens (tertiary/aromatic N) is 1. The van der Waals surface area contributed by atoms with E-state index >= 15 is 0 Å². The molecule has 0 atom stereocenters. The number of halogens is 2. The Morgan fingerprint density at radius 1 is 1.14 bits per heavy atom. The van der Waals surface area contributed by atoms with Crippen LogP contribution in [0.25, 0.3) is 6.08 Å². The molecule has 1 fully saturated rings. The first-order valence-corrected chi connectivity index (χ1v) is 8.37. The van der Waals surface area contributed by atoms with E-state index in [1.54, 1.807) is 24.3 Å². The van der Waals surface area contributed by atoms with Crippen molar-refractivity contribution in [1.29, 1.82) is 0 Å². The number of carbonyl (C=O) groups excluding carboxylic acids is 1. The number of anilines is 1. The van der Waals surface area contributed by atoms with Crippen LogP contribution in [0.4, 0.5) is 10.1 Å². The van der Waals surface area contributed by atoms with Crippen molar-refractivity contribution in [3.8, 4) is 0 Å². The average molecular weight is 394 g/mol. The van der Waals surface area contributed by atoms with Gasteiger partial charge in [-0.3, -0.25) is 9.69 Å². The Morgan fingerprint density at radius 2 is 1.82 bits per heavy atom. The fourth-order valence-corrected chi connectivity index (χ4v) is 3.72. The van der Waals surface area contributed by atoms with Crippen LogP contribution in [0.2, 0.25) is 0 Å². The summed E-state index contributed by atoms with van der Waals surface area (Å²) >= 11 is 9.84. The summed E-state index contributed by atoms with van der Waals surface area (Å²) in [6.45, 7) is 0. The van der Waals surface area contributed by atoms with E-state index in [0.717, 1.165) is 10.0 Å². The van der Waals surface area contributed by atoms with Gasteiger partial charge in [0.15, 0.2) is 4.32 Å². The van der Waals surface area contributed by atoms with Crippen LogP contribution < -0.4 is 4.90 Å². The van der Waals surface area contributed by atoms with E-state index in [0.29, 0.717) is 9.23 Å². The highest BCUT2D eigenvalue weighted by Crippen LogP contribution is 2.37. The van der Waals surface area contributed by atoms with E-state index in [2.05, 4.69) is 15.9 Å². The fourth-order valence-electron chi connectivity index (χ4n) is 2.04. The van der Waals surface area contributed by atoms with Gasteiger partial charge in [-0.15, -0.1) is 0 Å². The molecule has 1 saturated heterocycles. The first-order chi connectivity index (χ1) is 10.6. The van der Waals surface area contributed by atoms with Crippen molar-refractivity contribution in [1.82, 2.24) is 0 Å². The Morgan fingerprint density at radius 3 is 2.55 bits per heavy atom. The molecule has 1 aliphatic heterocycles. The van der Waals surface area contributed by atoms with Crippen LogP contribution in [0.1, 0.15) is 5.56 Å². The second kappa shape index (κ2) is 6.32. The Bertz CT molecular complexity index is 806. The molecule has 2 aromatic rings. The number of amides is 1. The second-order valence-electron chi connectivity index (χ2n) is 4.49. The summed E-state index contributed by atoms with van der Waals surface area (Å²) in [5, 5.41) is 0. The smallest absolute Gasteiger partial charge is 0.268 e. The predicted octanol–water partition coefficient (Wildman–Crippen LogP) is 4.99. The van der Waals surface area contributed by atoms with Gasteiger partial charge < -0.3 is 0 Å². The fraction of sp³-hybridized carbons (Fsp3) is 0. The minimum atomic E-state index is -0.471. The number of thiocarbonyl (C=S) groups is 1. The molecule has 2 aromatic carbocycles. The summed E-state index contributed by atoms with van der Waals surface area (Å²) in [7, 11) is 0. The Balaban J connectivity index is 1.99. The second-order valence-corrected chi connectivity index (χ2v) is 7.02. The third-order valence-electron chi connectivity index (χ3n) is 3.08. The Hall–Kier alpha value is -1.50. The molecule has 0 aliphatic carbocycles. The van der Waals surface area contributed by atoms with Crippen LogP contribution in [-0.4, -0.2) is 10.2 Å². The van der Waals surface area contributed by atoms with Gasteiger partial charge in [-0.05, 0) is 29.8 Å². The molecule has 110 valence electrons. The first-order valence-electron chi connectivity index (χ1n) is 6.35. The minimum Gasteiger partial charge on any atom is -0.268 e. The van der Waals surface area contributed by atoms with E-state index in [-0.39, 0.29) is 11.6 Å². The van der Waals surface area contributed by atoms with Crippen molar-refractivity contribution >= 4 is 61.9 Å². The molecular formula is C16H9BrFNOS2. The Kier molecular flexibility index (Phi) is 4.42. The number of rotatable bonds is 2. The van der Waals surface area contributed by atoms with Crippen LogP contribution in [-0.2, 0) is 4.79 Å². The monoisotopic (exact) mass is 393 g/mol. The van der Waals surface area contributed by atoms with Gasteiger partial charge in [0.1, 0.15) is 5.82 Å². The molecule has 0 bridgehead atoms. The molecule has 0 unspecified atom stereocenters. The molecule has 1 heterocycles. The van der Waals surface area contributed by atoms with Gasteiger partial charge in [-0.2, -0.15) is 0 Å². The zero-order valence-electron chi connectivity index (χ0n) is 11.1. The van der Waals surface area contributed by atoms with Gasteiger partial charge in [0.05, 0.1) is 10.6 Å². The number of thioether (sulfide) groups is 1. The molecule has 3 rings (SSSR count). The van der Waals surface area contributed by atoms with Gasteiger partial charge in [0.2, 0.25) is 0 Å². The van der Waals surface area contributed by atoms with Crippen molar-refractivity contribution in [2.24, 2.45) is 0 Å². The van der Waals surface area contributed by atoms with Crippen LogP contribution in [0.15, 0.2) is 57.9 Å². The SMILES string of the molecule is O=C1/C(=C/c2ccccc2Br)SC(=S)N1c1ccccc1F. The van der Waals surface area contributed by atoms with Crippen molar-refractivity contribution < 1.29 is 9.18 Å². The van der Waals surface area contributed by atoms with Crippen LogP contribution in [0.3, 0.4) is 0 Å². The molecule has 0 N–H and O–H groups in total. The molecular weight excluding hydrogens is 385 g/mol. The lowest BCUT2D eigenvalue weighted by Crippen LogP contribution is -2.28. The van der Waals surface area contributed by atoms with Crippen molar-refractivity contribution in [3.63, 3.8) is 0 Å². The van der Waals surface area contributed by atoms with Crippen LogP contribution in [0, 0.1) is 5.82 Å². The van der Waals surface area contributed by atoms with E-state index in [4.69, 9.17) is 12.2 Å². The summed E-state index contributed by atoms with van der Waals surface area (Å²) in [6, 6.07) is 13.7. The van der Waals surface area contributed by atoms with Crippen molar-refractivity contribution in [2.75, 3.05) is 4.90 Å². The van der Waals surface area contributed by atoms with Gasteiger partial charge in [-0.1, -0.05) is 70.2 Å². The maximum absolute atomic E-state index is 13.9. The number of hydrogen-bond donors (Lipinski definition) is 0. The molecule has 0 radical (unpaired) electrons. The highest BCUT2D eigenvalue weighted by atomic mass is 79.9. The predicted molar refractivity (Wildman–Crippen MR) is 96.2 cm³/mol. The average Bonchev–Trinajstić information content (AvgIpc) is 2.77. The summed E-state index contributed by atoms with van der Waals surface area (Å²) in [4.78, 5) is 14.3. The lowest BCUT2D eigenvalue weighted by Gasteiger charge is -2.14. The zero-order valence-corrected chi connectivity index (χ0v) is 14.3. The number of carbonyl (C=O) groups is 1. The zero-order chi connectivity index (χ0) is 15.7. The van der Waals surface area contributed by atoms with E-state index in [1.807, 2.05) is 24.3 Å². The highest BCUT2D eigenvalue weighted by Gasteiger charge is 2.34. The summed E-state index contributed by atoms with van der Waals surface area (Å²) < 4.78 is 15.1. The van der Waals surface area contributed by atoms with Gasteiger partial charge in [0.25, 0.3) is 5.91 Å². The van der Waals surface area contributed by atoms with Crippen molar-refractivity contribution in [3.05, 3.63) is 69.3 Å². The van der Waals surface area contributed by atoms with Crippen LogP contribution in [0.5, 0.6) is 0 Å². The quantitative estimate of drug-likeness (QED) is 0.529. The van der Waals surface area contributed by atoms with E-state index in [9.17, 15) is 9.18 Å². The largest absolute Gasteiger partial charge is 0.270 e. The minimum absolute atomic E-state index is 0.181. The van der Waals surface area contributed by atoms with Gasteiger partial charge in [-0.25, -0.2) is 4.39 Å². The summed E-state index contributed by atoms with van der Waals surface area (Å²) in [5.41, 5.74) is 1.05. The molecule has 0 saturated carbocycles. The lowest BCUT2D eigenvalue weighted by molar-refractivity contribution is -0.113. The molecule has 0 spiro atoms. The third kappa shape index (κ3) is 2.86. The number of hydrogen-bond acceptors (Lipinski definition) is 3. The normalized spacial score (nSPS) is 16.6. The maximum atomic E-state index is 13.9. The lowest BCUT2D eigenvalue weighted by atomic mass is 10.2. The number of benzene rings is 2.